The Hall–Kier alpha value is -5.61. The topological polar surface area (TPSA) is 54.5 Å². The Kier molecular flexibility index (Phi) is 6.48. The maximum absolute atomic E-state index is 4.95. The number of nitrogens with zero attached hydrogens (tertiary/aromatic N) is 3. The predicted molar refractivity (Wildman–Crippen MR) is 167 cm³/mol. The quantitative estimate of drug-likeness (QED) is 0.235. The summed E-state index contributed by atoms with van der Waals surface area (Å²) in [5.41, 5.74) is 11.6. The molecule has 7 rings (SSSR count). The van der Waals surface area contributed by atoms with Crippen LogP contribution in [0, 0.1) is 0 Å². The van der Waals surface area contributed by atoms with Crippen LogP contribution in [-0.4, -0.2) is 19.9 Å². The number of aromatic nitrogens is 4. The van der Waals surface area contributed by atoms with Crippen LogP contribution in [0.3, 0.4) is 0 Å². The normalized spacial score (nSPS) is 10.9. The molecule has 0 atom stereocenters. The van der Waals surface area contributed by atoms with Gasteiger partial charge >= 0.3 is 0 Å². The van der Waals surface area contributed by atoms with Gasteiger partial charge in [0.05, 0.1) is 23.9 Å². The summed E-state index contributed by atoms with van der Waals surface area (Å²) < 4.78 is 0. The van der Waals surface area contributed by atoms with Crippen LogP contribution in [0.1, 0.15) is 0 Å². The smallest absolute Gasteiger partial charge is 0.178 e. The summed E-state index contributed by atoms with van der Waals surface area (Å²) in [6, 6.07) is 48.7. The predicted octanol–water partition coefficient (Wildman–Crippen LogP) is 9.20. The van der Waals surface area contributed by atoms with Crippen LogP contribution in [0.25, 0.3) is 67.4 Å². The first-order chi connectivity index (χ1) is 20.3. The van der Waals surface area contributed by atoms with Crippen LogP contribution in [0.4, 0.5) is 0 Å². The summed E-state index contributed by atoms with van der Waals surface area (Å²) in [6.45, 7) is 0. The molecule has 7 aromatic rings. The molecule has 4 heteroatoms. The summed E-state index contributed by atoms with van der Waals surface area (Å²) in [6.07, 6.45) is 3.41. The van der Waals surface area contributed by atoms with Gasteiger partial charge in [-0.2, -0.15) is 0 Å². The Morgan fingerprint density at radius 2 is 0.854 bits per heavy atom. The highest BCUT2D eigenvalue weighted by atomic mass is 15.0. The monoisotopic (exact) mass is 526 g/mol. The summed E-state index contributed by atoms with van der Waals surface area (Å²) in [5.74, 6) is 0.610. The molecule has 0 unspecified atom stereocenters. The third-order valence-electron chi connectivity index (χ3n) is 7.21. The first kappa shape index (κ1) is 24.4. The zero-order valence-corrected chi connectivity index (χ0v) is 22.3. The molecule has 0 spiro atoms. The maximum atomic E-state index is 4.95. The van der Waals surface area contributed by atoms with Crippen LogP contribution in [-0.2, 0) is 0 Å². The van der Waals surface area contributed by atoms with Gasteiger partial charge in [0.1, 0.15) is 5.69 Å². The molecular formula is C37H26N4. The van der Waals surface area contributed by atoms with E-state index in [2.05, 4.69) is 137 Å². The summed E-state index contributed by atoms with van der Waals surface area (Å²) in [5, 5.41) is 0. The average Bonchev–Trinajstić information content (AvgIpc) is 3.61. The highest BCUT2D eigenvalue weighted by molar-refractivity contribution is 5.78. The second kappa shape index (κ2) is 10.9. The summed E-state index contributed by atoms with van der Waals surface area (Å²) in [4.78, 5) is 17.2. The first-order valence-electron chi connectivity index (χ1n) is 13.6. The van der Waals surface area contributed by atoms with Crippen molar-refractivity contribution >= 4 is 0 Å². The molecular weight excluding hydrogens is 500 g/mol. The molecule has 0 saturated carbocycles. The molecule has 0 aliphatic heterocycles. The number of aromatic amines is 1. The van der Waals surface area contributed by atoms with E-state index >= 15 is 0 Å². The van der Waals surface area contributed by atoms with Crippen LogP contribution in [0.5, 0.6) is 0 Å². The van der Waals surface area contributed by atoms with Gasteiger partial charge in [-0.1, -0.05) is 121 Å². The van der Waals surface area contributed by atoms with E-state index in [1.807, 2.05) is 12.1 Å². The standard InChI is InChI=1S/C37H26N4/c1-3-9-26(10-4-1)28-17-19-29(20-18-28)34-23-35(41-37(40-34)36-24-38-25-39-36)33-16-8-15-32(22-33)31-14-7-13-30(21-31)27-11-5-2-6-12-27/h1-25H,(H,38,39). The number of H-pyrrole nitrogens is 1. The van der Waals surface area contributed by atoms with E-state index in [4.69, 9.17) is 9.97 Å². The van der Waals surface area contributed by atoms with Gasteiger partial charge in [0.2, 0.25) is 0 Å². The van der Waals surface area contributed by atoms with E-state index in [0.29, 0.717) is 5.82 Å². The van der Waals surface area contributed by atoms with Gasteiger partial charge < -0.3 is 4.98 Å². The number of hydrogen-bond donors (Lipinski definition) is 1. The van der Waals surface area contributed by atoms with Crippen molar-refractivity contribution in [2.45, 2.75) is 0 Å². The Morgan fingerprint density at radius 3 is 1.46 bits per heavy atom. The third-order valence-corrected chi connectivity index (χ3v) is 7.21. The minimum atomic E-state index is 0.610. The number of hydrogen-bond acceptors (Lipinski definition) is 3. The zero-order valence-electron chi connectivity index (χ0n) is 22.3. The van der Waals surface area contributed by atoms with Crippen molar-refractivity contribution in [2.75, 3.05) is 0 Å². The van der Waals surface area contributed by atoms with E-state index < -0.39 is 0 Å². The number of imidazole rings is 1. The maximum Gasteiger partial charge on any atom is 0.178 e. The lowest BCUT2D eigenvalue weighted by molar-refractivity contribution is 1.16. The fourth-order valence-electron chi connectivity index (χ4n) is 5.07. The largest absolute Gasteiger partial charge is 0.342 e. The molecule has 0 aliphatic rings. The van der Waals surface area contributed by atoms with E-state index in [9.17, 15) is 0 Å². The highest BCUT2D eigenvalue weighted by Gasteiger charge is 2.13. The fraction of sp³-hybridized carbons (Fsp3) is 0. The van der Waals surface area contributed by atoms with Gasteiger partial charge in [0.25, 0.3) is 0 Å². The zero-order chi connectivity index (χ0) is 27.4. The molecule has 0 aliphatic carbocycles. The Labute approximate surface area is 239 Å². The number of rotatable bonds is 6. The molecule has 0 amide bonds. The molecule has 0 radical (unpaired) electrons. The van der Waals surface area contributed by atoms with Crippen LogP contribution in [0.2, 0.25) is 0 Å². The number of benzene rings is 5. The SMILES string of the molecule is c1ccc(-c2ccc(-c3cc(-c4cccc(-c5cccc(-c6ccccc6)c5)c4)nc(-c4cnc[nH]4)n3)cc2)cc1. The Morgan fingerprint density at radius 1 is 0.390 bits per heavy atom. The molecule has 5 aromatic carbocycles. The number of nitrogens with one attached hydrogen (secondary N) is 1. The minimum Gasteiger partial charge on any atom is -0.342 e. The lowest BCUT2D eigenvalue weighted by Gasteiger charge is -2.11. The molecule has 4 nitrogen and oxygen atoms in total. The van der Waals surface area contributed by atoms with Gasteiger partial charge in [-0.15, -0.1) is 0 Å². The molecule has 2 aromatic heterocycles. The fourth-order valence-corrected chi connectivity index (χ4v) is 5.07. The van der Waals surface area contributed by atoms with Gasteiger partial charge in [-0.25, -0.2) is 15.0 Å². The highest BCUT2D eigenvalue weighted by Crippen LogP contribution is 2.32. The average molecular weight is 527 g/mol. The van der Waals surface area contributed by atoms with Gasteiger partial charge in [-0.05, 0) is 51.6 Å². The molecule has 194 valence electrons. The van der Waals surface area contributed by atoms with Gasteiger partial charge in [0, 0.05) is 11.1 Å². The van der Waals surface area contributed by atoms with Gasteiger partial charge in [-0.3, -0.25) is 0 Å². The molecule has 0 fully saturated rings. The second-order valence-electron chi connectivity index (χ2n) is 9.90. The van der Waals surface area contributed by atoms with Crippen molar-refractivity contribution < 1.29 is 0 Å². The molecule has 2 heterocycles. The van der Waals surface area contributed by atoms with E-state index in [-0.39, 0.29) is 0 Å². The third kappa shape index (κ3) is 5.19. The first-order valence-corrected chi connectivity index (χ1v) is 13.6. The van der Waals surface area contributed by atoms with Crippen molar-refractivity contribution in [3.05, 3.63) is 152 Å². The van der Waals surface area contributed by atoms with Crippen molar-refractivity contribution in [1.82, 2.24) is 19.9 Å². The van der Waals surface area contributed by atoms with Crippen LogP contribution < -0.4 is 0 Å². The summed E-state index contributed by atoms with van der Waals surface area (Å²) in [7, 11) is 0. The van der Waals surface area contributed by atoms with Crippen molar-refractivity contribution in [1.29, 1.82) is 0 Å². The minimum absolute atomic E-state index is 0.610. The molecule has 0 saturated heterocycles. The molecule has 0 bridgehead atoms. The second-order valence-corrected chi connectivity index (χ2v) is 9.90. The molecule has 41 heavy (non-hydrogen) atoms. The Bertz CT molecular complexity index is 1910. The van der Waals surface area contributed by atoms with Crippen LogP contribution >= 0.6 is 0 Å². The van der Waals surface area contributed by atoms with E-state index in [1.165, 1.54) is 22.3 Å². The summed E-state index contributed by atoms with van der Waals surface area (Å²) >= 11 is 0. The lowest BCUT2D eigenvalue weighted by Crippen LogP contribution is -1.96. The van der Waals surface area contributed by atoms with Gasteiger partial charge in [0.15, 0.2) is 5.82 Å². The molecule has 1 N–H and O–H groups in total. The lowest BCUT2D eigenvalue weighted by atomic mass is 9.97. The van der Waals surface area contributed by atoms with Crippen molar-refractivity contribution in [3.63, 3.8) is 0 Å². The van der Waals surface area contributed by atoms with Crippen molar-refractivity contribution in [2.24, 2.45) is 0 Å². The van der Waals surface area contributed by atoms with E-state index in [1.54, 1.807) is 12.5 Å². The van der Waals surface area contributed by atoms with Crippen LogP contribution in [0.15, 0.2) is 152 Å². The van der Waals surface area contributed by atoms with Crippen molar-refractivity contribution in [3.8, 4) is 67.4 Å². The Balaban J connectivity index is 1.29. The van der Waals surface area contributed by atoms with E-state index in [0.717, 1.165) is 39.3 Å².